The normalized spacial score (nSPS) is 10.3. The molecule has 0 radical (unpaired) electrons. The lowest BCUT2D eigenvalue weighted by Gasteiger charge is -2.11. The number of aromatic carboxylic acids is 1. The number of carboxylic acid groups (broad SMARTS) is 1. The molecule has 0 aromatic heterocycles. The van der Waals surface area contributed by atoms with Gasteiger partial charge in [0.05, 0.1) is 0 Å². The Morgan fingerprint density at radius 2 is 2.00 bits per heavy atom. The minimum absolute atomic E-state index is 0.207. The van der Waals surface area contributed by atoms with Crippen molar-refractivity contribution in [3.8, 4) is 5.75 Å². The molecule has 20 heavy (non-hydrogen) atoms. The number of carboxylic acids is 1. The Morgan fingerprint density at radius 1 is 1.30 bits per heavy atom. The van der Waals surface area contributed by atoms with Crippen molar-refractivity contribution in [2.24, 2.45) is 0 Å². The van der Waals surface area contributed by atoms with E-state index in [0.717, 1.165) is 13.0 Å². The van der Waals surface area contributed by atoms with Crippen molar-refractivity contribution in [1.82, 2.24) is 10.2 Å². The van der Waals surface area contributed by atoms with Crippen molar-refractivity contribution in [3.05, 3.63) is 23.8 Å². The number of urea groups is 1. The number of rotatable bonds is 6. The summed E-state index contributed by atoms with van der Waals surface area (Å²) in [5.74, 6) is -1.61. The zero-order valence-electron chi connectivity index (χ0n) is 11.5. The van der Waals surface area contributed by atoms with Gasteiger partial charge in [-0.05, 0) is 39.2 Å². The van der Waals surface area contributed by atoms with Crippen LogP contribution in [0.2, 0.25) is 0 Å². The summed E-state index contributed by atoms with van der Waals surface area (Å²) in [4.78, 5) is 24.3. The van der Waals surface area contributed by atoms with Crippen molar-refractivity contribution in [2.45, 2.75) is 6.42 Å². The number of nitrogens with zero attached hydrogens (tertiary/aromatic N) is 1. The van der Waals surface area contributed by atoms with Gasteiger partial charge in [-0.25, -0.2) is 9.59 Å². The molecular weight excluding hydrogens is 262 g/mol. The SMILES string of the molecule is CN(C)CCCNC(=O)Nc1ccc(C(=O)O)c(O)c1. The third-order valence-electron chi connectivity index (χ3n) is 2.55. The Kier molecular flexibility index (Phi) is 5.79. The van der Waals surface area contributed by atoms with Crippen LogP contribution in [0.15, 0.2) is 18.2 Å². The molecule has 1 rings (SSSR count). The Labute approximate surface area is 117 Å². The van der Waals surface area contributed by atoms with Gasteiger partial charge < -0.3 is 25.7 Å². The number of benzene rings is 1. The lowest BCUT2D eigenvalue weighted by molar-refractivity contribution is 0.0694. The lowest BCUT2D eigenvalue weighted by atomic mass is 10.2. The standard InChI is InChI=1S/C13H19N3O4/c1-16(2)7-3-6-14-13(20)15-9-4-5-10(12(18)19)11(17)8-9/h4-5,8,17H,3,6-7H2,1-2H3,(H,18,19)(H2,14,15,20). The smallest absolute Gasteiger partial charge is 0.339 e. The summed E-state index contributed by atoms with van der Waals surface area (Å²) in [6.07, 6.45) is 0.823. The molecule has 110 valence electrons. The molecule has 1 aromatic carbocycles. The first kappa shape index (κ1) is 15.8. The van der Waals surface area contributed by atoms with E-state index in [-0.39, 0.29) is 11.3 Å². The van der Waals surface area contributed by atoms with Gasteiger partial charge in [-0.15, -0.1) is 0 Å². The van der Waals surface area contributed by atoms with Crippen molar-refractivity contribution >= 4 is 17.7 Å². The van der Waals surface area contributed by atoms with E-state index in [2.05, 4.69) is 10.6 Å². The molecule has 0 atom stereocenters. The highest BCUT2D eigenvalue weighted by Crippen LogP contribution is 2.21. The topological polar surface area (TPSA) is 102 Å². The van der Waals surface area contributed by atoms with E-state index in [4.69, 9.17) is 5.11 Å². The van der Waals surface area contributed by atoms with Crippen LogP contribution in [0.3, 0.4) is 0 Å². The van der Waals surface area contributed by atoms with Gasteiger partial charge >= 0.3 is 12.0 Å². The Balaban J connectivity index is 2.46. The fraction of sp³-hybridized carbons (Fsp3) is 0.385. The third kappa shape index (κ3) is 5.15. The van der Waals surface area contributed by atoms with Crippen LogP contribution in [0.4, 0.5) is 10.5 Å². The summed E-state index contributed by atoms with van der Waals surface area (Å²) in [6.45, 7) is 1.40. The van der Waals surface area contributed by atoms with Crippen molar-refractivity contribution in [1.29, 1.82) is 0 Å². The number of hydrogen-bond donors (Lipinski definition) is 4. The maximum absolute atomic E-state index is 11.6. The molecule has 0 spiro atoms. The molecule has 0 aliphatic carbocycles. The molecule has 0 aliphatic heterocycles. The highest BCUT2D eigenvalue weighted by Gasteiger charge is 2.10. The Morgan fingerprint density at radius 3 is 2.55 bits per heavy atom. The fourth-order valence-corrected chi connectivity index (χ4v) is 1.56. The summed E-state index contributed by atoms with van der Waals surface area (Å²) < 4.78 is 0. The molecule has 0 aliphatic rings. The number of nitrogens with one attached hydrogen (secondary N) is 2. The Hall–Kier alpha value is -2.28. The maximum Gasteiger partial charge on any atom is 0.339 e. The van der Waals surface area contributed by atoms with Crippen molar-refractivity contribution in [3.63, 3.8) is 0 Å². The number of phenols is 1. The average Bonchev–Trinajstić information content (AvgIpc) is 2.34. The molecule has 0 unspecified atom stereocenters. The van der Waals surface area contributed by atoms with Crippen LogP contribution in [0, 0.1) is 0 Å². The first-order chi connectivity index (χ1) is 9.40. The van der Waals surface area contributed by atoms with Crippen molar-refractivity contribution < 1.29 is 19.8 Å². The van der Waals surface area contributed by atoms with Gasteiger partial charge in [0, 0.05) is 18.3 Å². The summed E-state index contributed by atoms with van der Waals surface area (Å²) in [6, 6.07) is 3.45. The number of amides is 2. The molecule has 1 aromatic rings. The largest absolute Gasteiger partial charge is 0.507 e. The van der Waals surface area contributed by atoms with E-state index in [1.54, 1.807) is 0 Å². The van der Waals surface area contributed by atoms with Crippen LogP contribution in [0.5, 0.6) is 5.75 Å². The van der Waals surface area contributed by atoms with Gasteiger partial charge in [-0.1, -0.05) is 0 Å². The average molecular weight is 281 g/mol. The summed E-state index contributed by atoms with van der Waals surface area (Å²) >= 11 is 0. The number of carbonyl (C=O) groups is 2. The quantitative estimate of drug-likeness (QED) is 0.586. The number of anilines is 1. The van der Waals surface area contributed by atoms with Crippen LogP contribution in [0.1, 0.15) is 16.8 Å². The molecule has 0 saturated heterocycles. The fourth-order valence-electron chi connectivity index (χ4n) is 1.56. The minimum atomic E-state index is -1.22. The highest BCUT2D eigenvalue weighted by molar-refractivity contribution is 5.93. The summed E-state index contributed by atoms with van der Waals surface area (Å²) in [5.41, 5.74) is 0.125. The van der Waals surface area contributed by atoms with E-state index < -0.39 is 12.0 Å². The zero-order valence-corrected chi connectivity index (χ0v) is 11.5. The maximum atomic E-state index is 11.6. The molecule has 7 nitrogen and oxygen atoms in total. The van der Waals surface area contributed by atoms with Crippen LogP contribution >= 0.6 is 0 Å². The second-order valence-corrected chi connectivity index (χ2v) is 4.57. The lowest BCUT2D eigenvalue weighted by Crippen LogP contribution is -2.31. The van der Waals surface area contributed by atoms with E-state index in [0.29, 0.717) is 12.2 Å². The van der Waals surface area contributed by atoms with Crippen molar-refractivity contribution in [2.75, 3.05) is 32.5 Å². The Bertz CT molecular complexity index is 489. The number of carbonyl (C=O) groups excluding carboxylic acids is 1. The second kappa shape index (κ2) is 7.34. The molecule has 2 amide bonds. The summed E-state index contributed by atoms with van der Waals surface area (Å²) in [5, 5.41) is 23.4. The van der Waals surface area contributed by atoms with E-state index in [1.807, 2.05) is 19.0 Å². The van der Waals surface area contributed by atoms with E-state index >= 15 is 0 Å². The minimum Gasteiger partial charge on any atom is -0.507 e. The van der Waals surface area contributed by atoms with Crippen LogP contribution < -0.4 is 10.6 Å². The van der Waals surface area contributed by atoms with Gasteiger partial charge in [-0.3, -0.25) is 0 Å². The van der Waals surface area contributed by atoms with E-state index in [9.17, 15) is 14.7 Å². The molecule has 0 saturated carbocycles. The van der Waals surface area contributed by atoms with Gasteiger partial charge in [0.25, 0.3) is 0 Å². The monoisotopic (exact) mass is 281 g/mol. The predicted octanol–water partition coefficient (Wildman–Crippen LogP) is 1.16. The third-order valence-corrected chi connectivity index (χ3v) is 2.55. The van der Waals surface area contributed by atoms with Gasteiger partial charge in [0.1, 0.15) is 11.3 Å². The molecular formula is C13H19N3O4. The molecule has 0 heterocycles. The number of hydrogen-bond acceptors (Lipinski definition) is 4. The zero-order chi connectivity index (χ0) is 15.1. The van der Waals surface area contributed by atoms with Gasteiger partial charge in [0.2, 0.25) is 0 Å². The highest BCUT2D eigenvalue weighted by atomic mass is 16.4. The van der Waals surface area contributed by atoms with Gasteiger partial charge in [-0.2, -0.15) is 0 Å². The second-order valence-electron chi connectivity index (χ2n) is 4.57. The van der Waals surface area contributed by atoms with E-state index in [1.165, 1.54) is 18.2 Å². The molecule has 4 N–H and O–H groups in total. The van der Waals surface area contributed by atoms with Crippen LogP contribution in [0.25, 0.3) is 0 Å². The predicted molar refractivity (Wildman–Crippen MR) is 75.3 cm³/mol. The first-order valence-corrected chi connectivity index (χ1v) is 6.16. The summed E-state index contributed by atoms with van der Waals surface area (Å²) in [7, 11) is 3.90. The van der Waals surface area contributed by atoms with Gasteiger partial charge in [0.15, 0.2) is 0 Å². The molecule has 7 heteroatoms. The molecule has 0 bridgehead atoms. The van der Waals surface area contributed by atoms with Crippen LogP contribution in [-0.4, -0.2) is 54.3 Å². The number of aromatic hydroxyl groups is 1. The van der Waals surface area contributed by atoms with Crippen LogP contribution in [-0.2, 0) is 0 Å². The first-order valence-electron chi connectivity index (χ1n) is 6.16. The molecule has 0 fully saturated rings.